The first kappa shape index (κ1) is 31.4. The van der Waals surface area contributed by atoms with E-state index in [2.05, 4.69) is 4.98 Å². The second kappa shape index (κ2) is 13.6. The average Bonchev–Trinajstić information content (AvgIpc) is 2.95. The maximum atomic E-state index is 13.9. The minimum Gasteiger partial charge on any atom is -0.505 e. The Balaban J connectivity index is 1.67. The molecule has 0 radical (unpaired) electrons. The topological polar surface area (TPSA) is 90.8 Å². The van der Waals surface area contributed by atoms with Crippen molar-refractivity contribution in [1.82, 2.24) is 14.2 Å². The molecular formula is C31H30Cl2FN3O4S. The van der Waals surface area contributed by atoms with Crippen molar-refractivity contribution in [2.75, 3.05) is 6.54 Å². The molecule has 11 heteroatoms. The molecule has 0 saturated carbocycles. The lowest BCUT2D eigenvalue weighted by molar-refractivity contribution is 0.0722. The highest BCUT2D eigenvalue weighted by Crippen LogP contribution is 2.36. The highest BCUT2D eigenvalue weighted by molar-refractivity contribution is 7.89. The predicted octanol–water partition coefficient (Wildman–Crippen LogP) is 6.92. The lowest BCUT2D eigenvalue weighted by Crippen LogP contribution is -2.34. The van der Waals surface area contributed by atoms with Crippen LogP contribution in [-0.2, 0) is 29.7 Å². The molecule has 0 unspecified atom stereocenters. The largest absolute Gasteiger partial charge is 0.505 e. The van der Waals surface area contributed by atoms with Crippen LogP contribution in [0.3, 0.4) is 0 Å². The fraction of sp³-hybridized carbons (Fsp3) is 0.226. The first-order valence-electron chi connectivity index (χ1n) is 13.1. The molecule has 1 amide bonds. The molecule has 7 nitrogen and oxygen atoms in total. The average molecular weight is 631 g/mol. The van der Waals surface area contributed by atoms with E-state index in [0.717, 1.165) is 15.9 Å². The first-order valence-corrected chi connectivity index (χ1v) is 15.3. The summed E-state index contributed by atoms with van der Waals surface area (Å²) in [6.45, 7) is 4.66. The summed E-state index contributed by atoms with van der Waals surface area (Å²) in [5, 5.41) is 10.4. The van der Waals surface area contributed by atoms with Gasteiger partial charge in [0.1, 0.15) is 10.7 Å². The van der Waals surface area contributed by atoms with E-state index in [0.29, 0.717) is 29.8 Å². The summed E-state index contributed by atoms with van der Waals surface area (Å²) < 4.78 is 42.5. The molecule has 0 bridgehead atoms. The molecule has 0 aliphatic carbocycles. The molecule has 0 fully saturated rings. The second-order valence-corrected chi connectivity index (χ2v) is 13.0. The van der Waals surface area contributed by atoms with Crippen molar-refractivity contribution in [3.8, 4) is 5.75 Å². The Bertz CT molecular complexity index is 1650. The molecule has 0 spiro atoms. The van der Waals surface area contributed by atoms with Gasteiger partial charge in [-0.25, -0.2) is 12.8 Å². The minimum absolute atomic E-state index is 0.0450. The zero-order valence-corrected chi connectivity index (χ0v) is 25.4. The van der Waals surface area contributed by atoms with E-state index in [1.807, 2.05) is 26.0 Å². The molecule has 1 heterocycles. The molecule has 3 aromatic carbocycles. The number of sulfonamides is 1. The van der Waals surface area contributed by atoms with Gasteiger partial charge in [-0.05, 0) is 59.0 Å². The number of benzene rings is 3. The molecule has 0 aliphatic heterocycles. The van der Waals surface area contributed by atoms with Crippen LogP contribution in [0.25, 0.3) is 0 Å². The summed E-state index contributed by atoms with van der Waals surface area (Å²) in [7, 11) is -4.34. The van der Waals surface area contributed by atoms with E-state index in [4.69, 9.17) is 23.2 Å². The molecule has 42 heavy (non-hydrogen) atoms. The molecule has 1 aromatic heterocycles. The molecule has 0 saturated heterocycles. The van der Waals surface area contributed by atoms with Crippen molar-refractivity contribution in [3.05, 3.63) is 123 Å². The smallest absolute Gasteiger partial charge is 0.255 e. The second-order valence-electron chi connectivity index (χ2n) is 10.3. The number of nitrogens with zero attached hydrogens (tertiary/aromatic N) is 3. The third-order valence-electron chi connectivity index (χ3n) is 6.39. The lowest BCUT2D eigenvalue weighted by Gasteiger charge is -2.26. The Morgan fingerprint density at radius 3 is 2.24 bits per heavy atom. The molecule has 4 rings (SSSR count). The number of pyridine rings is 1. The monoisotopic (exact) mass is 629 g/mol. The maximum absolute atomic E-state index is 13.9. The number of hydrogen-bond donors (Lipinski definition) is 1. The SMILES string of the molecule is CC(C)CN(Cc1cccc(CN(Cc2ccc(F)cc2)S(=O)(=O)c2cc(Cl)cc(Cl)c2O)c1)C(=O)c1cccnc1. The van der Waals surface area contributed by atoms with Crippen LogP contribution < -0.4 is 0 Å². The third-order valence-corrected chi connectivity index (χ3v) is 8.70. The number of halogens is 3. The van der Waals surface area contributed by atoms with Crippen LogP contribution in [0.5, 0.6) is 5.75 Å². The minimum atomic E-state index is -4.34. The number of phenols is 1. The number of aromatic hydroxyl groups is 1. The highest BCUT2D eigenvalue weighted by Gasteiger charge is 2.30. The van der Waals surface area contributed by atoms with Gasteiger partial charge in [0.15, 0.2) is 5.75 Å². The number of amides is 1. The Morgan fingerprint density at radius 2 is 1.60 bits per heavy atom. The van der Waals surface area contributed by atoms with Crippen LogP contribution in [0.2, 0.25) is 10.0 Å². The van der Waals surface area contributed by atoms with Gasteiger partial charge >= 0.3 is 0 Å². The summed E-state index contributed by atoms with van der Waals surface area (Å²) in [5.41, 5.74) is 2.46. The Kier molecular flexibility index (Phi) is 10.2. The molecule has 0 aliphatic rings. The van der Waals surface area contributed by atoms with E-state index in [-0.39, 0.29) is 35.0 Å². The van der Waals surface area contributed by atoms with Crippen molar-refractivity contribution in [2.45, 2.75) is 38.4 Å². The summed E-state index contributed by atoms with van der Waals surface area (Å²) in [6, 6.07) is 18.6. The summed E-state index contributed by atoms with van der Waals surface area (Å²) in [6.07, 6.45) is 3.14. The Labute approximate surface area is 255 Å². The molecule has 4 aromatic rings. The van der Waals surface area contributed by atoms with Crippen LogP contribution in [-0.4, -0.2) is 40.2 Å². The maximum Gasteiger partial charge on any atom is 0.255 e. The van der Waals surface area contributed by atoms with Gasteiger partial charge in [-0.15, -0.1) is 0 Å². The molecule has 220 valence electrons. The van der Waals surface area contributed by atoms with Gasteiger partial charge < -0.3 is 10.0 Å². The first-order chi connectivity index (χ1) is 19.9. The normalized spacial score (nSPS) is 11.7. The number of phenolic OH excluding ortho intramolecular Hbond substituents is 1. The lowest BCUT2D eigenvalue weighted by atomic mass is 10.1. The van der Waals surface area contributed by atoms with E-state index >= 15 is 0 Å². The van der Waals surface area contributed by atoms with Gasteiger partial charge in [-0.3, -0.25) is 9.78 Å². The van der Waals surface area contributed by atoms with Crippen molar-refractivity contribution >= 4 is 39.1 Å². The zero-order chi connectivity index (χ0) is 30.4. The predicted molar refractivity (Wildman–Crippen MR) is 161 cm³/mol. The summed E-state index contributed by atoms with van der Waals surface area (Å²) >= 11 is 12.1. The van der Waals surface area contributed by atoms with Gasteiger partial charge in [-0.2, -0.15) is 4.31 Å². The van der Waals surface area contributed by atoms with Crippen LogP contribution in [0.1, 0.15) is 40.9 Å². The number of hydrogen-bond acceptors (Lipinski definition) is 5. The van der Waals surface area contributed by atoms with Crippen LogP contribution in [0, 0.1) is 11.7 Å². The van der Waals surface area contributed by atoms with E-state index in [9.17, 15) is 22.7 Å². The van der Waals surface area contributed by atoms with Crippen LogP contribution in [0.15, 0.2) is 90.1 Å². The highest BCUT2D eigenvalue weighted by atomic mass is 35.5. The standard InChI is InChI=1S/C31H30Cl2FN3O4S/c1-21(2)17-36(31(39)25-7-4-12-35-16-25)18-23-5-3-6-24(13-23)20-37(19-22-8-10-27(34)11-9-22)42(40,41)29-15-26(32)14-28(33)30(29)38/h3-16,21,38H,17-20H2,1-2H3. The summed E-state index contributed by atoms with van der Waals surface area (Å²) in [4.78, 5) is 18.6. The third kappa shape index (κ3) is 7.86. The van der Waals surface area contributed by atoms with Crippen molar-refractivity contribution in [2.24, 2.45) is 5.92 Å². The number of aromatic nitrogens is 1. The zero-order valence-electron chi connectivity index (χ0n) is 23.0. The van der Waals surface area contributed by atoms with Crippen LogP contribution >= 0.6 is 23.2 Å². The molecule has 1 N–H and O–H groups in total. The van der Waals surface area contributed by atoms with Crippen molar-refractivity contribution in [1.29, 1.82) is 0 Å². The summed E-state index contributed by atoms with van der Waals surface area (Å²) in [5.74, 6) is -1.01. The Morgan fingerprint density at radius 1 is 0.929 bits per heavy atom. The fourth-order valence-electron chi connectivity index (χ4n) is 4.48. The Hall–Kier alpha value is -3.50. The van der Waals surface area contributed by atoms with Gasteiger partial charge in [0.2, 0.25) is 10.0 Å². The van der Waals surface area contributed by atoms with Gasteiger partial charge in [0.05, 0.1) is 10.6 Å². The quantitative estimate of drug-likeness (QED) is 0.194. The van der Waals surface area contributed by atoms with E-state index in [1.165, 1.54) is 36.5 Å². The van der Waals surface area contributed by atoms with Gasteiger partial charge in [-0.1, -0.05) is 73.4 Å². The van der Waals surface area contributed by atoms with Crippen molar-refractivity contribution < 1.29 is 22.7 Å². The number of rotatable bonds is 11. The fourth-order valence-corrected chi connectivity index (χ4v) is 6.64. The number of carbonyl (C=O) groups is 1. The van der Waals surface area contributed by atoms with E-state index in [1.54, 1.807) is 35.4 Å². The number of carbonyl (C=O) groups excluding carboxylic acids is 1. The molecule has 0 atom stereocenters. The molecular weight excluding hydrogens is 600 g/mol. The van der Waals surface area contributed by atoms with E-state index < -0.39 is 26.5 Å². The van der Waals surface area contributed by atoms with Gasteiger partial charge in [0, 0.05) is 43.6 Å². The van der Waals surface area contributed by atoms with Gasteiger partial charge in [0.25, 0.3) is 5.91 Å². The van der Waals surface area contributed by atoms with Crippen LogP contribution in [0.4, 0.5) is 4.39 Å². The van der Waals surface area contributed by atoms with Crippen molar-refractivity contribution in [3.63, 3.8) is 0 Å².